The number of hydrogen-bond acceptors (Lipinski definition) is 5. The molecule has 8 heteroatoms. The van der Waals surface area contributed by atoms with E-state index in [4.69, 9.17) is 10.8 Å². The molecule has 0 amide bonds. The Morgan fingerprint density at radius 1 is 1.29 bits per heavy atom. The van der Waals surface area contributed by atoms with Crippen LogP contribution in [0.25, 0.3) is 0 Å². The lowest BCUT2D eigenvalue weighted by atomic mass is 10.2. The van der Waals surface area contributed by atoms with Crippen LogP contribution in [0.3, 0.4) is 0 Å². The van der Waals surface area contributed by atoms with Gasteiger partial charge in [0.2, 0.25) is 0 Å². The number of pyridine rings is 1. The van der Waals surface area contributed by atoms with Crippen molar-refractivity contribution in [3.8, 4) is 0 Å². The molecule has 0 spiro atoms. The highest BCUT2D eigenvalue weighted by molar-refractivity contribution is 7.92. The normalized spacial score (nSPS) is 11.1. The number of carboxylic acid groups (broad SMARTS) is 1. The van der Waals surface area contributed by atoms with Crippen molar-refractivity contribution < 1.29 is 18.3 Å². The number of carbonyl (C=O) groups is 1. The second-order valence-electron chi connectivity index (χ2n) is 4.33. The van der Waals surface area contributed by atoms with E-state index in [9.17, 15) is 13.2 Å². The number of anilines is 2. The number of aromatic carboxylic acids is 1. The third-order valence-electron chi connectivity index (χ3n) is 2.65. The first-order chi connectivity index (χ1) is 9.79. The first-order valence-corrected chi connectivity index (χ1v) is 7.37. The van der Waals surface area contributed by atoms with Crippen LogP contribution < -0.4 is 10.5 Å². The molecule has 2 aromatic rings. The van der Waals surface area contributed by atoms with E-state index in [1.54, 1.807) is 19.1 Å². The van der Waals surface area contributed by atoms with Gasteiger partial charge in [0.25, 0.3) is 10.0 Å². The van der Waals surface area contributed by atoms with E-state index in [-0.39, 0.29) is 17.1 Å². The minimum absolute atomic E-state index is 0.105. The number of hydrogen-bond donors (Lipinski definition) is 3. The molecule has 4 N–H and O–H groups in total. The maximum absolute atomic E-state index is 12.3. The molecular formula is C13H13N3O4S. The van der Waals surface area contributed by atoms with E-state index < -0.39 is 20.9 Å². The number of nitrogens with zero attached hydrogens (tertiary/aromatic N) is 1. The van der Waals surface area contributed by atoms with Gasteiger partial charge in [0, 0.05) is 11.4 Å². The second-order valence-corrected chi connectivity index (χ2v) is 5.98. The van der Waals surface area contributed by atoms with Crippen LogP contribution in [0, 0.1) is 6.92 Å². The number of rotatable bonds is 4. The SMILES string of the molecule is Cc1cccc(NS(=O)(=O)c2cc(N)ccc2C(=O)O)n1. The lowest BCUT2D eigenvalue weighted by molar-refractivity contribution is 0.0692. The summed E-state index contributed by atoms with van der Waals surface area (Å²) >= 11 is 0. The van der Waals surface area contributed by atoms with Crippen molar-refractivity contribution in [1.29, 1.82) is 0 Å². The van der Waals surface area contributed by atoms with Crippen molar-refractivity contribution in [2.45, 2.75) is 11.8 Å². The average Bonchev–Trinajstić information content (AvgIpc) is 2.37. The Morgan fingerprint density at radius 3 is 2.62 bits per heavy atom. The molecule has 0 saturated carbocycles. The molecule has 0 aliphatic heterocycles. The van der Waals surface area contributed by atoms with Crippen LogP contribution in [0.4, 0.5) is 11.5 Å². The van der Waals surface area contributed by atoms with Crippen molar-refractivity contribution in [2.75, 3.05) is 10.5 Å². The van der Waals surface area contributed by atoms with Crippen molar-refractivity contribution >= 4 is 27.5 Å². The van der Waals surface area contributed by atoms with Gasteiger partial charge in [-0.05, 0) is 37.3 Å². The molecule has 0 radical (unpaired) electrons. The van der Waals surface area contributed by atoms with Gasteiger partial charge in [-0.25, -0.2) is 18.2 Å². The fourth-order valence-corrected chi connectivity index (χ4v) is 2.97. The molecule has 1 aromatic heterocycles. The molecule has 0 aliphatic carbocycles. The molecule has 0 unspecified atom stereocenters. The summed E-state index contributed by atoms with van der Waals surface area (Å²) in [6, 6.07) is 8.39. The summed E-state index contributed by atoms with van der Waals surface area (Å²) in [4.78, 5) is 14.7. The lowest BCUT2D eigenvalue weighted by Crippen LogP contribution is -2.18. The standard InChI is InChI=1S/C13H13N3O4S/c1-8-3-2-4-12(15-8)16-21(19,20)11-7-9(14)5-6-10(11)13(17)18/h2-7H,14H2,1H3,(H,15,16)(H,17,18). The Hall–Kier alpha value is -2.61. The number of nitrogen functional groups attached to an aromatic ring is 1. The van der Waals surface area contributed by atoms with E-state index in [1.165, 1.54) is 12.1 Å². The molecule has 7 nitrogen and oxygen atoms in total. The molecule has 110 valence electrons. The number of sulfonamides is 1. The van der Waals surface area contributed by atoms with E-state index in [2.05, 4.69) is 9.71 Å². The molecule has 1 heterocycles. The minimum atomic E-state index is -4.10. The van der Waals surface area contributed by atoms with Crippen LogP contribution in [-0.2, 0) is 10.0 Å². The lowest BCUT2D eigenvalue weighted by Gasteiger charge is -2.10. The van der Waals surface area contributed by atoms with Crippen LogP contribution in [0.15, 0.2) is 41.3 Å². The van der Waals surface area contributed by atoms with Gasteiger partial charge in [0.05, 0.1) is 5.56 Å². The van der Waals surface area contributed by atoms with Crippen LogP contribution in [-0.4, -0.2) is 24.5 Å². The van der Waals surface area contributed by atoms with E-state index in [0.29, 0.717) is 5.69 Å². The van der Waals surface area contributed by atoms with Gasteiger partial charge in [0.1, 0.15) is 10.7 Å². The fraction of sp³-hybridized carbons (Fsp3) is 0.0769. The number of carboxylic acids is 1. The Kier molecular flexibility index (Phi) is 3.81. The molecule has 2 rings (SSSR count). The second kappa shape index (κ2) is 5.41. The average molecular weight is 307 g/mol. The Labute approximate surface area is 121 Å². The van der Waals surface area contributed by atoms with Crippen LogP contribution in [0.2, 0.25) is 0 Å². The topological polar surface area (TPSA) is 122 Å². The fourth-order valence-electron chi connectivity index (χ4n) is 1.73. The first-order valence-electron chi connectivity index (χ1n) is 5.89. The number of aryl methyl sites for hydroxylation is 1. The summed E-state index contributed by atoms with van der Waals surface area (Å²) in [5.74, 6) is -1.25. The molecule has 0 aliphatic rings. The Balaban J connectivity index is 2.49. The molecular weight excluding hydrogens is 294 g/mol. The number of benzene rings is 1. The summed E-state index contributed by atoms with van der Waals surface area (Å²) in [5.41, 5.74) is 5.96. The maximum atomic E-state index is 12.3. The highest BCUT2D eigenvalue weighted by Crippen LogP contribution is 2.21. The predicted octanol–water partition coefficient (Wildman–Crippen LogP) is 1.47. The van der Waals surface area contributed by atoms with Crippen molar-refractivity contribution in [1.82, 2.24) is 4.98 Å². The van der Waals surface area contributed by atoms with E-state index in [0.717, 1.165) is 12.1 Å². The van der Waals surface area contributed by atoms with Gasteiger partial charge >= 0.3 is 5.97 Å². The largest absolute Gasteiger partial charge is 0.478 e. The highest BCUT2D eigenvalue weighted by atomic mass is 32.2. The van der Waals surface area contributed by atoms with Crippen molar-refractivity contribution in [3.63, 3.8) is 0 Å². The first kappa shape index (κ1) is 14.8. The summed E-state index contributed by atoms with van der Waals surface area (Å²) in [7, 11) is -4.10. The molecule has 0 atom stereocenters. The summed E-state index contributed by atoms with van der Waals surface area (Å²) in [6.07, 6.45) is 0. The smallest absolute Gasteiger partial charge is 0.337 e. The zero-order valence-corrected chi connectivity index (χ0v) is 11.9. The zero-order valence-electron chi connectivity index (χ0n) is 11.1. The third-order valence-corrected chi connectivity index (χ3v) is 4.05. The molecule has 0 fully saturated rings. The summed E-state index contributed by atoms with van der Waals surface area (Å²) < 4.78 is 26.9. The van der Waals surface area contributed by atoms with Gasteiger partial charge in [0.15, 0.2) is 0 Å². The van der Waals surface area contributed by atoms with Crippen LogP contribution >= 0.6 is 0 Å². The number of nitrogens with one attached hydrogen (secondary N) is 1. The predicted molar refractivity (Wildman–Crippen MR) is 77.6 cm³/mol. The maximum Gasteiger partial charge on any atom is 0.337 e. The third kappa shape index (κ3) is 3.29. The monoisotopic (exact) mass is 307 g/mol. The number of aromatic nitrogens is 1. The zero-order chi connectivity index (χ0) is 15.6. The Morgan fingerprint density at radius 2 is 2.00 bits per heavy atom. The van der Waals surface area contributed by atoms with E-state index >= 15 is 0 Å². The molecule has 0 bridgehead atoms. The minimum Gasteiger partial charge on any atom is -0.478 e. The Bertz CT molecular complexity index is 803. The van der Waals surface area contributed by atoms with Crippen molar-refractivity contribution in [3.05, 3.63) is 47.7 Å². The highest BCUT2D eigenvalue weighted by Gasteiger charge is 2.23. The van der Waals surface area contributed by atoms with Gasteiger partial charge in [-0.2, -0.15) is 0 Å². The van der Waals surface area contributed by atoms with Gasteiger partial charge in [-0.3, -0.25) is 4.72 Å². The molecule has 1 aromatic carbocycles. The van der Waals surface area contributed by atoms with Crippen LogP contribution in [0.1, 0.15) is 16.1 Å². The van der Waals surface area contributed by atoms with Gasteiger partial charge < -0.3 is 10.8 Å². The van der Waals surface area contributed by atoms with Gasteiger partial charge in [-0.15, -0.1) is 0 Å². The molecule has 21 heavy (non-hydrogen) atoms. The van der Waals surface area contributed by atoms with Crippen LogP contribution in [0.5, 0.6) is 0 Å². The summed E-state index contributed by atoms with van der Waals surface area (Å²) in [6.45, 7) is 1.71. The number of nitrogens with two attached hydrogens (primary N) is 1. The van der Waals surface area contributed by atoms with E-state index in [1.807, 2.05) is 0 Å². The quantitative estimate of drug-likeness (QED) is 0.735. The molecule has 0 saturated heterocycles. The summed E-state index contributed by atoms with van der Waals surface area (Å²) in [5, 5.41) is 9.08. The van der Waals surface area contributed by atoms with Crippen molar-refractivity contribution in [2.24, 2.45) is 0 Å². The van der Waals surface area contributed by atoms with Gasteiger partial charge in [-0.1, -0.05) is 6.07 Å².